The van der Waals surface area contributed by atoms with E-state index in [-0.39, 0.29) is 63.8 Å². The molecular weight excluding hydrogens is 1040 g/mol. The maximum Gasteiger partial charge on any atom is 0.246 e. The van der Waals surface area contributed by atoms with Crippen LogP contribution in [-0.4, -0.2) is 168 Å². The van der Waals surface area contributed by atoms with Crippen LogP contribution in [0.1, 0.15) is 117 Å². The van der Waals surface area contributed by atoms with Gasteiger partial charge < -0.3 is 46.8 Å². The molecule has 8 amide bonds. The van der Waals surface area contributed by atoms with Crippen LogP contribution >= 0.6 is 0 Å². The zero-order valence-electron chi connectivity index (χ0n) is 49.3. The number of ketones is 5. The number of hydrogen-bond acceptors (Lipinski definition) is 14. The molecule has 0 spiro atoms. The van der Waals surface area contributed by atoms with Crippen LogP contribution in [-0.2, 0) is 68.7 Å². The fourth-order valence-corrected chi connectivity index (χ4v) is 8.59. The van der Waals surface area contributed by atoms with Gasteiger partial charge >= 0.3 is 0 Å². The summed E-state index contributed by atoms with van der Waals surface area (Å²) < 4.78 is 0. The Morgan fingerprint density at radius 2 is 1.33 bits per heavy atom. The molecule has 1 heterocycles. The number of nitrogens with one attached hydrogen (secondary N) is 4. The fourth-order valence-electron chi connectivity index (χ4n) is 8.59. The van der Waals surface area contributed by atoms with Crippen molar-refractivity contribution < 1.29 is 67.4 Å². The predicted molar refractivity (Wildman–Crippen MR) is 303 cm³/mol. The lowest BCUT2D eigenvalue weighted by atomic mass is 9.87. The topological polar surface area (TPSA) is 326 Å². The maximum absolute atomic E-state index is 14.5. The molecule has 81 heavy (non-hydrogen) atoms. The zero-order valence-corrected chi connectivity index (χ0v) is 49.3. The summed E-state index contributed by atoms with van der Waals surface area (Å²) >= 11 is 0. The van der Waals surface area contributed by atoms with Crippen molar-refractivity contribution in [1.29, 1.82) is 0 Å². The van der Waals surface area contributed by atoms with Gasteiger partial charge in [-0.1, -0.05) is 108 Å². The van der Waals surface area contributed by atoms with E-state index in [4.69, 9.17) is 10.8 Å². The number of carbonyl (C=O) groups excluding carboxylic acids is 13. The minimum Gasteiger partial charge on any atom is -0.400 e. The van der Waals surface area contributed by atoms with Gasteiger partial charge in [0.25, 0.3) is 0 Å². The molecule has 2 aromatic carbocycles. The second kappa shape index (κ2) is 36.7. The van der Waals surface area contributed by atoms with Crippen molar-refractivity contribution in [1.82, 2.24) is 36.0 Å². The van der Waals surface area contributed by atoms with E-state index in [9.17, 15) is 62.3 Å². The number of amides is 8. The number of likely N-dealkylation sites (N-methyl/N-ethyl adjacent to an activating group) is 3. The van der Waals surface area contributed by atoms with Gasteiger partial charge in [-0.3, -0.25) is 62.3 Å². The molecule has 22 heteroatoms. The Hall–Kier alpha value is -7.49. The molecule has 7 N–H and O–H groups in total. The van der Waals surface area contributed by atoms with Gasteiger partial charge in [0.15, 0.2) is 28.9 Å². The second-order valence-corrected chi connectivity index (χ2v) is 21.4. The van der Waals surface area contributed by atoms with Gasteiger partial charge in [0, 0.05) is 91.0 Å². The molecule has 0 aliphatic carbocycles. The highest BCUT2D eigenvalue weighted by Gasteiger charge is 2.37. The minimum absolute atomic E-state index is 0.0359. The lowest BCUT2D eigenvalue weighted by Gasteiger charge is -2.30. The van der Waals surface area contributed by atoms with Gasteiger partial charge in [-0.15, -0.1) is 0 Å². The summed E-state index contributed by atoms with van der Waals surface area (Å²) in [7, 11) is 5.05. The number of carbonyl (C=O) groups is 13. The Balaban J connectivity index is 0.00000333. The lowest BCUT2D eigenvalue weighted by molar-refractivity contribution is -0.143. The quantitative estimate of drug-likeness (QED) is 0.168. The molecule has 3 rings (SSSR count). The summed E-state index contributed by atoms with van der Waals surface area (Å²) in [5.41, 5.74) is 7.06. The molecule has 7 atom stereocenters. The van der Waals surface area contributed by atoms with Crippen LogP contribution in [0.5, 0.6) is 0 Å². The summed E-state index contributed by atoms with van der Waals surface area (Å²) in [5, 5.41) is 17.2. The number of aliphatic hydroxyl groups excluding tert-OH is 1. The number of hydrogen-bond donors (Lipinski definition) is 6. The normalized spacial score (nSPS) is 21.4. The molecule has 0 saturated carbocycles. The molecule has 0 bridgehead atoms. The van der Waals surface area contributed by atoms with Crippen LogP contribution in [0.15, 0.2) is 60.7 Å². The number of Topliss-reactive ketones (excluding diaryl/α,β-unsaturated/α-hetero) is 5. The van der Waals surface area contributed by atoms with E-state index in [2.05, 4.69) is 40.3 Å². The highest BCUT2D eigenvalue weighted by Crippen LogP contribution is 2.21. The third-order valence-corrected chi connectivity index (χ3v) is 13.5. The van der Waals surface area contributed by atoms with E-state index in [0.717, 1.165) is 16.9 Å². The maximum atomic E-state index is 14.5. The van der Waals surface area contributed by atoms with Gasteiger partial charge in [-0.05, 0) is 44.1 Å². The van der Waals surface area contributed by atoms with Crippen molar-refractivity contribution in [3.63, 3.8) is 0 Å². The van der Waals surface area contributed by atoms with Gasteiger partial charge in [-0.2, -0.15) is 0 Å². The van der Waals surface area contributed by atoms with Crippen molar-refractivity contribution in [3.05, 3.63) is 71.8 Å². The summed E-state index contributed by atoms with van der Waals surface area (Å²) in [4.78, 5) is 177. The Kier molecular flexibility index (Phi) is 32.4. The van der Waals surface area contributed by atoms with Crippen molar-refractivity contribution in [2.24, 2.45) is 35.3 Å². The monoisotopic (exact) mass is 1130 g/mol. The van der Waals surface area contributed by atoms with Crippen molar-refractivity contribution in [3.8, 4) is 0 Å². The first-order valence-corrected chi connectivity index (χ1v) is 27.3. The Morgan fingerprint density at radius 3 is 1.88 bits per heavy atom. The van der Waals surface area contributed by atoms with Crippen molar-refractivity contribution in [2.45, 2.75) is 144 Å². The second-order valence-electron chi connectivity index (χ2n) is 21.4. The third kappa shape index (κ3) is 26.6. The molecule has 1 aliphatic rings. The standard InChI is InChI=1S/C51H76N8O13.C7H8.CH4O/c1-29(2)20-40-41(63)22-31(5)47(68)56-46(30(3)4)42(64)24-35(23-34-14-12-11-13-15-34)49(70)55-39(51(72)58(9)33(7)48(69)54-26-36(60)16-18-43(52)65)25-44(66)53-27-38(62)21-32(6)50(71)57(8)28-37(61)17-19-45(67)59(40)10;1-7-5-3-2-4-6-7;1-2/h11-15,29-33,35,39-40,46H,16-28H2,1-10H3,(H2,52,65)(H,53,66)(H,54,69)(H,55,70)(H,56,68);2-6H,1H3;2H,1H3/t31-,32-,33+,35-,39+,40+,46+;;/m1../s1. The van der Waals surface area contributed by atoms with Gasteiger partial charge in [0.05, 0.1) is 38.1 Å². The van der Waals surface area contributed by atoms with Gasteiger partial charge in [0.1, 0.15) is 12.1 Å². The predicted octanol–water partition coefficient (Wildman–Crippen LogP) is 2.22. The van der Waals surface area contributed by atoms with Crippen LogP contribution in [0, 0.1) is 36.5 Å². The van der Waals surface area contributed by atoms with Crippen LogP contribution in [0.2, 0.25) is 0 Å². The Labute approximate surface area is 476 Å². The lowest BCUT2D eigenvalue weighted by Crippen LogP contribution is -2.56. The Morgan fingerprint density at radius 1 is 0.741 bits per heavy atom. The van der Waals surface area contributed by atoms with E-state index in [0.29, 0.717) is 5.56 Å². The van der Waals surface area contributed by atoms with Gasteiger partial charge in [0.2, 0.25) is 47.3 Å². The highest BCUT2D eigenvalue weighted by molar-refractivity contribution is 5.99. The summed E-state index contributed by atoms with van der Waals surface area (Å²) in [6, 6.07) is 13.9. The number of benzene rings is 2. The molecule has 1 saturated heterocycles. The van der Waals surface area contributed by atoms with E-state index < -0.39 is 150 Å². The largest absolute Gasteiger partial charge is 0.400 e. The summed E-state index contributed by atoms with van der Waals surface area (Å²) in [6.45, 7) is 12.1. The van der Waals surface area contributed by atoms with E-state index in [1.807, 2.05) is 32.0 Å². The molecule has 448 valence electrons. The number of rotatable bonds is 13. The average molecular weight is 1130 g/mol. The molecule has 1 fully saturated rings. The third-order valence-electron chi connectivity index (χ3n) is 13.5. The number of primary amides is 1. The number of aliphatic hydroxyl groups is 1. The molecule has 0 aromatic heterocycles. The number of nitrogens with two attached hydrogens (primary N) is 1. The molecule has 1 aliphatic heterocycles. The molecule has 0 unspecified atom stereocenters. The van der Waals surface area contributed by atoms with Crippen LogP contribution < -0.4 is 27.0 Å². The van der Waals surface area contributed by atoms with E-state index in [1.54, 1.807) is 44.2 Å². The zero-order chi connectivity index (χ0) is 61.7. The highest BCUT2D eigenvalue weighted by atomic mass is 16.2. The van der Waals surface area contributed by atoms with Crippen molar-refractivity contribution in [2.75, 3.05) is 47.9 Å². The van der Waals surface area contributed by atoms with Crippen LogP contribution in [0.3, 0.4) is 0 Å². The van der Waals surface area contributed by atoms with Crippen LogP contribution in [0.25, 0.3) is 0 Å². The molecule has 2 aromatic rings. The molecule has 0 radical (unpaired) electrons. The van der Waals surface area contributed by atoms with E-state index in [1.165, 1.54) is 52.4 Å². The first-order chi connectivity index (χ1) is 38.0. The average Bonchev–Trinajstić information content (AvgIpc) is 3.42. The van der Waals surface area contributed by atoms with E-state index >= 15 is 0 Å². The van der Waals surface area contributed by atoms with Gasteiger partial charge in [-0.25, -0.2) is 0 Å². The Bertz CT molecular complexity index is 2470. The number of aryl methyl sites for hydroxylation is 1. The summed E-state index contributed by atoms with van der Waals surface area (Å²) in [5.74, 6) is -12.0. The molecular formula is C59H88N8O14. The minimum atomic E-state index is -1.69. The first-order valence-electron chi connectivity index (χ1n) is 27.3. The fraction of sp³-hybridized carbons (Fsp3) is 0.576. The smallest absolute Gasteiger partial charge is 0.246 e. The summed E-state index contributed by atoms with van der Waals surface area (Å²) in [6.07, 6.45) is -2.60. The SMILES string of the molecule is CC(C)C[C@H]1C(=O)C[C@@H](C)C(=O)N[C@@H](C(C)C)C(=O)C[C@@H](Cc2ccccc2)C(=O)N[C@H](C(=O)N(C)[C@@H](C)C(=O)NCC(=O)CCC(N)=O)CC(=O)NCC(=O)C[C@@H](C)C(=O)N(C)CC(=O)CCC(=O)N1C.CO.Cc1ccccc1. The van der Waals surface area contributed by atoms with Crippen molar-refractivity contribution >= 4 is 76.2 Å². The number of nitrogens with zero attached hydrogens (tertiary/aromatic N) is 3. The first kappa shape index (κ1) is 71.5. The molecule has 22 nitrogen and oxygen atoms in total. The van der Waals surface area contributed by atoms with Crippen LogP contribution in [0.4, 0.5) is 0 Å².